The first-order chi connectivity index (χ1) is 11.3. The Bertz CT molecular complexity index is 679. The molecule has 0 amide bonds. The van der Waals surface area contributed by atoms with Crippen molar-refractivity contribution in [1.29, 1.82) is 0 Å². The van der Waals surface area contributed by atoms with Gasteiger partial charge in [-0.15, -0.1) is 0 Å². The molecule has 0 bridgehead atoms. The largest absolute Gasteiger partial charge is 0.488 e. The molecular weight excluding hydrogens is 288 g/mol. The number of nitrogens with zero attached hydrogens (tertiary/aromatic N) is 2. The number of aldehydes is 1. The standard InChI is InChI=1S/C19H22N2O2/c1-15-7-5-9-18(17(15)13-22)23-14-16-8-6-10-20-19(16)21-11-3-2-4-12-21/h5-10,13H,2-4,11-12,14H2,1H3. The topological polar surface area (TPSA) is 42.4 Å². The summed E-state index contributed by atoms with van der Waals surface area (Å²) in [5, 5.41) is 0. The molecule has 0 N–H and O–H groups in total. The number of aromatic nitrogens is 1. The molecule has 1 aliphatic rings. The van der Waals surface area contributed by atoms with Crippen molar-refractivity contribution in [3.63, 3.8) is 0 Å². The van der Waals surface area contributed by atoms with E-state index in [1.165, 1.54) is 19.3 Å². The average Bonchev–Trinajstić information content (AvgIpc) is 2.61. The number of piperidine rings is 1. The van der Waals surface area contributed by atoms with E-state index in [1.54, 1.807) is 0 Å². The van der Waals surface area contributed by atoms with Crippen LogP contribution in [-0.4, -0.2) is 24.4 Å². The van der Waals surface area contributed by atoms with Gasteiger partial charge in [0.15, 0.2) is 6.29 Å². The number of rotatable bonds is 5. The lowest BCUT2D eigenvalue weighted by Gasteiger charge is -2.29. The zero-order valence-corrected chi connectivity index (χ0v) is 13.5. The molecule has 0 atom stereocenters. The molecule has 0 aliphatic carbocycles. The number of carbonyl (C=O) groups excluding carboxylic acids is 1. The fraction of sp³-hybridized carbons (Fsp3) is 0.368. The van der Waals surface area contributed by atoms with E-state index in [0.717, 1.165) is 36.3 Å². The lowest BCUT2D eigenvalue weighted by atomic mass is 10.1. The molecule has 120 valence electrons. The summed E-state index contributed by atoms with van der Waals surface area (Å²) in [5.41, 5.74) is 2.61. The van der Waals surface area contributed by atoms with Crippen LogP contribution < -0.4 is 9.64 Å². The molecule has 1 aliphatic heterocycles. The Morgan fingerprint density at radius 1 is 1.17 bits per heavy atom. The van der Waals surface area contributed by atoms with E-state index >= 15 is 0 Å². The Labute approximate surface area is 137 Å². The van der Waals surface area contributed by atoms with E-state index in [0.29, 0.717) is 17.9 Å². The van der Waals surface area contributed by atoms with E-state index in [4.69, 9.17) is 4.74 Å². The van der Waals surface area contributed by atoms with Gasteiger partial charge in [0, 0.05) is 24.8 Å². The zero-order chi connectivity index (χ0) is 16.1. The SMILES string of the molecule is Cc1cccc(OCc2cccnc2N2CCCCC2)c1C=O. The van der Waals surface area contributed by atoms with Crippen molar-refractivity contribution >= 4 is 12.1 Å². The third-order valence-electron chi connectivity index (χ3n) is 4.31. The normalized spacial score (nSPS) is 14.6. The minimum Gasteiger partial charge on any atom is -0.488 e. The van der Waals surface area contributed by atoms with Crippen molar-refractivity contribution in [3.05, 3.63) is 53.2 Å². The number of pyridine rings is 1. The van der Waals surface area contributed by atoms with Crippen LogP contribution in [-0.2, 0) is 6.61 Å². The summed E-state index contributed by atoms with van der Waals surface area (Å²) in [4.78, 5) is 18.2. The van der Waals surface area contributed by atoms with Crippen LogP contribution in [0.4, 0.5) is 5.82 Å². The lowest BCUT2D eigenvalue weighted by Crippen LogP contribution is -2.31. The van der Waals surface area contributed by atoms with Gasteiger partial charge in [0.25, 0.3) is 0 Å². The fourth-order valence-corrected chi connectivity index (χ4v) is 3.02. The Morgan fingerprint density at radius 2 is 2.00 bits per heavy atom. The number of benzene rings is 1. The molecule has 4 nitrogen and oxygen atoms in total. The minimum absolute atomic E-state index is 0.421. The van der Waals surface area contributed by atoms with E-state index < -0.39 is 0 Å². The third kappa shape index (κ3) is 3.52. The second-order valence-corrected chi connectivity index (χ2v) is 5.93. The maximum atomic E-state index is 11.3. The van der Waals surface area contributed by atoms with E-state index in [1.807, 2.05) is 43.5 Å². The van der Waals surface area contributed by atoms with Crippen molar-refractivity contribution in [2.75, 3.05) is 18.0 Å². The van der Waals surface area contributed by atoms with Gasteiger partial charge < -0.3 is 9.64 Å². The van der Waals surface area contributed by atoms with Gasteiger partial charge in [-0.05, 0) is 43.9 Å². The van der Waals surface area contributed by atoms with Crippen molar-refractivity contribution in [3.8, 4) is 5.75 Å². The van der Waals surface area contributed by atoms with E-state index in [2.05, 4.69) is 9.88 Å². The maximum absolute atomic E-state index is 11.3. The molecular formula is C19H22N2O2. The van der Waals surface area contributed by atoms with Crippen LogP contribution in [0.15, 0.2) is 36.5 Å². The summed E-state index contributed by atoms with van der Waals surface area (Å²) in [6, 6.07) is 9.65. The average molecular weight is 310 g/mol. The third-order valence-corrected chi connectivity index (χ3v) is 4.31. The highest BCUT2D eigenvalue weighted by Crippen LogP contribution is 2.25. The van der Waals surface area contributed by atoms with Gasteiger partial charge >= 0.3 is 0 Å². The Morgan fingerprint density at radius 3 is 2.78 bits per heavy atom. The summed E-state index contributed by atoms with van der Waals surface area (Å²) in [6.07, 6.45) is 6.41. The number of hydrogen-bond donors (Lipinski definition) is 0. The van der Waals surface area contributed by atoms with Gasteiger partial charge in [-0.3, -0.25) is 4.79 Å². The molecule has 0 radical (unpaired) electrons. The van der Waals surface area contributed by atoms with Gasteiger partial charge in [0.1, 0.15) is 18.2 Å². The van der Waals surface area contributed by atoms with Crippen LogP contribution in [0.1, 0.15) is 40.7 Å². The zero-order valence-electron chi connectivity index (χ0n) is 13.5. The first kappa shape index (κ1) is 15.5. The summed E-state index contributed by atoms with van der Waals surface area (Å²) < 4.78 is 5.93. The summed E-state index contributed by atoms with van der Waals surface area (Å²) >= 11 is 0. The Balaban J connectivity index is 1.79. The minimum atomic E-state index is 0.421. The van der Waals surface area contributed by atoms with Gasteiger partial charge in [-0.2, -0.15) is 0 Å². The first-order valence-corrected chi connectivity index (χ1v) is 8.16. The molecule has 0 spiro atoms. The van der Waals surface area contributed by atoms with Crippen LogP contribution >= 0.6 is 0 Å². The molecule has 1 saturated heterocycles. The van der Waals surface area contributed by atoms with Crippen molar-refractivity contribution in [2.45, 2.75) is 32.8 Å². The monoisotopic (exact) mass is 310 g/mol. The molecule has 1 fully saturated rings. The van der Waals surface area contributed by atoms with Crippen LogP contribution in [0.25, 0.3) is 0 Å². The highest BCUT2D eigenvalue weighted by molar-refractivity contribution is 5.81. The Kier molecular flexibility index (Phi) is 4.91. The van der Waals surface area contributed by atoms with Gasteiger partial charge in [0.2, 0.25) is 0 Å². The van der Waals surface area contributed by atoms with Crippen molar-refractivity contribution in [2.24, 2.45) is 0 Å². The fourth-order valence-electron chi connectivity index (χ4n) is 3.02. The second-order valence-electron chi connectivity index (χ2n) is 5.93. The Hall–Kier alpha value is -2.36. The van der Waals surface area contributed by atoms with Crippen molar-refractivity contribution < 1.29 is 9.53 Å². The van der Waals surface area contributed by atoms with Crippen LogP contribution in [0.5, 0.6) is 5.75 Å². The number of hydrogen-bond acceptors (Lipinski definition) is 4. The molecule has 2 aromatic rings. The quantitative estimate of drug-likeness (QED) is 0.788. The maximum Gasteiger partial charge on any atom is 0.154 e. The summed E-state index contributed by atoms with van der Waals surface area (Å²) in [5.74, 6) is 1.64. The second kappa shape index (κ2) is 7.27. The van der Waals surface area contributed by atoms with Crippen LogP contribution in [0.2, 0.25) is 0 Å². The highest BCUT2D eigenvalue weighted by Gasteiger charge is 2.16. The number of aryl methyl sites for hydroxylation is 1. The first-order valence-electron chi connectivity index (χ1n) is 8.16. The lowest BCUT2D eigenvalue weighted by molar-refractivity contribution is 0.111. The molecule has 23 heavy (non-hydrogen) atoms. The molecule has 1 aromatic carbocycles. The molecule has 0 unspecified atom stereocenters. The predicted octanol–water partition coefficient (Wildman–Crippen LogP) is 3.77. The van der Waals surface area contributed by atoms with E-state index in [-0.39, 0.29) is 0 Å². The van der Waals surface area contributed by atoms with Gasteiger partial charge in [0.05, 0.1) is 5.56 Å². The number of anilines is 1. The molecule has 3 rings (SSSR count). The van der Waals surface area contributed by atoms with Crippen LogP contribution in [0.3, 0.4) is 0 Å². The van der Waals surface area contributed by atoms with Crippen molar-refractivity contribution in [1.82, 2.24) is 4.98 Å². The highest BCUT2D eigenvalue weighted by atomic mass is 16.5. The molecule has 2 heterocycles. The van der Waals surface area contributed by atoms with Gasteiger partial charge in [-0.1, -0.05) is 18.2 Å². The predicted molar refractivity (Wildman–Crippen MR) is 91.2 cm³/mol. The number of ether oxygens (including phenoxy) is 1. The van der Waals surface area contributed by atoms with Gasteiger partial charge in [-0.25, -0.2) is 4.98 Å². The molecule has 1 aromatic heterocycles. The smallest absolute Gasteiger partial charge is 0.154 e. The summed E-state index contributed by atoms with van der Waals surface area (Å²) in [7, 11) is 0. The summed E-state index contributed by atoms with van der Waals surface area (Å²) in [6.45, 7) is 4.44. The van der Waals surface area contributed by atoms with E-state index in [9.17, 15) is 4.79 Å². The molecule has 0 saturated carbocycles. The molecule has 4 heteroatoms. The van der Waals surface area contributed by atoms with Crippen LogP contribution in [0, 0.1) is 6.92 Å². The number of carbonyl (C=O) groups is 1.